The number of nitrogens with one attached hydrogen (secondary N) is 1. The third-order valence-corrected chi connectivity index (χ3v) is 4.05. The van der Waals surface area contributed by atoms with Gasteiger partial charge in [0.1, 0.15) is 0 Å². The largest absolute Gasteiger partial charge is 0.309 e. The molecule has 0 saturated carbocycles. The first-order chi connectivity index (χ1) is 8.15. The van der Waals surface area contributed by atoms with Crippen LogP contribution in [0.5, 0.6) is 0 Å². The second-order valence-corrected chi connectivity index (χ2v) is 5.67. The van der Waals surface area contributed by atoms with Gasteiger partial charge in [-0.15, -0.1) is 11.3 Å². The molecule has 0 aliphatic rings. The molecule has 17 heavy (non-hydrogen) atoms. The van der Waals surface area contributed by atoms with Crippen LogP contribution in [0.15, 0.2) is 18.3 Å². The molecule has 2 aromatic rings. The van der Waals surface area contributed by atoms with E-state index in [-0.39, 0.29) is 6.04 Å². The number of nitrogens with zero attached hydrogens (tertiary/aromatic N) is 2. The summed E-state index contributed by atoms with van der Waals surface area (Å²) in [6, 6.07) is 4.19. The van der Waals surface area contributed by atoms with Crippen molar-refractivity contribution in [3.63, 3.8) is 0 Å². The molecule has 0 aromatic carbocycles. The van der Waals surface area contributed by atoms with Crippen LogP contribution >= 0.6 is 22.9 Å². The van der Waals surface area contributed by atoms with Crippen molar-refractivity contribution < 1.29 is 0 Å². The molecule has 1 unspecified atom stereocenters. The Labute approximate surface area is 110 Å². The fourth-order valence-corrected chi connectivity index (χ4v) is 3.19. The van der Waals surface area contributed by atoms with Crippen LogP contribution < -0.4 is 5.32 Å². The van der Waals surface area contributed by atoms with E-state index < -0.39 is 0 Å². The number of aryl methyl sites for hydroxylation is 2. The van der Waals surface area contributed by atoms with E-state index in [2.05, 4.69) is 29.6 Å². The van der Waals surface area contributed by atoms with Gasteiger partial charge in [0, 0.05) is 23.7 Å². The predicted molar refractivity (Wildman–Crippen MR) is 72.8 cm³/mol. The maximum atomic E-state index is 6.00. The van der Waals surface area contributed by atoms with Crippen molar-refractivity contribution in [2.45, 2.75) is 19.4 Å². The van der Waals surface area contributed by atoms with Crippen LogP contribution in [0.4, 0.5) is 0 Å². The summed E-state index contributed by atoms with van der Waals surface area (Å²) in [6.45, 7) is 2.12. The topological polar surface area (TPSA) is 29.9 Å². The van der Waals surface area contributed by atoms with Gasteiger partial charge in [-0.05, 0) is 25.6 Å². The van der Waals surface area contributed by atoms with Gasteiger partial charge in [-0.3, -0.25) is 4.68 Å². The fourth-order valence-electron chi connectivity index (χ4n) is 2.00. The minimum atomic E-state index is 0.177. The van der Waals surface area contributed by atoms with Crippen LogP contribution in [0.3, 0.4) is 0 Å². The van der Waals surface area contributed by atoms with Crippen LogP contribution in [0, 0.1) is 0 Å². The quantitative estimate of drug-likeness (QED) is 0.925. The zero-order valence-electron chi connectivity index (χ0n) is 10.2. The number of hydrogen-bond donors (Lipinski definition) is 1. The van der Waals surface area contributed by atoms with Gasteiger partial charge in [-0.2, -0.15) is 5.10 Å². The predicted octanol–water partition coefficient (Wildman–Crippen LogP) is 3.01. The normalized spacial score (nSPS) is 12.9. The van der Waals surface area contributed by atoms with E-state index >= 15 is 0 Å². The molecule has 0 radical (unpaired) electrons. The molecular weight excluding hydrogens is 254 g/mol. The van der Waals surface area contributed by atoms with Gasteiger partial charge < -0.3 is 5.32 Å². The number of rotatable bonds is 4. The molecule has 0 aliphatic carbocycles. The Bertz CT molecular complexity index is 504. The number of aromatic nitrogens is 2. The molecule has 3 nitrogen and oxygen atoms in total. The van der Waals surface area contributed by atoms with Gasteiger partial charge in [-0.1, -0.05) is 18.5 Å². The molecule has 0 fully saturated rings. The lowest BCUT2D eigenvalue weighted by Crippen LogP contribution is -2.17. The van der Waals surface area contributed by atoms with Crippen molar-refractivity contribution in [2.24, 2.45) is 7.05 Å². The summed E-state index contributed by atoms with van der Waals surface area (Å²) in [5, 5.41) is 7.81. The van der Waals surface area contributed by atoms with Crippen LogP contribution in [0.25, 0.3) is 0 Å². The zero-order valence-corrected chi connectivity index (χ0v) is 11.8. The van der Waals surface area contributed by atoms with E-state index in [1.807, 2.05) is 24.8 Å². The first-order valence-corrected chi connectivity index (χ1v) is 6.80. The van der Waals surface area contributed by atoms with Crippen LogP contribution in [-0.2, 0) is 13.5 Å². The summed E-state index contributed by atoms with van der Waals surface area (Å²) in [4.78, 5) is 1.22. The molecule has 0 saturated heterocycles. The lowest BCUT2D eigenvalue weighted by Gasteiger charge is -2.14. The van der Waals surface area contributed by atoms with Crippen LogP contribution in [0.2, 0.25) is 4.34 Å². The second kappa shape index (κ2) is 5.21. The molecule has 0 amide bonds. The maximum Gasteiger partial charge on any atom is 0.0931 e. The van der Waals surface area contributed by atoms with Crippen molar-refractivity contribution in [2.75, 3.05) is 7.05 Å². The fraction of sp³-hybridized carbons (Fsp3) is 0.417. The van der Waals surface area contributed by atoms with Crippen molar-refractivity contribution in [3.8, 4) is 0 Å². The highest BCUT2D eigenvalue weighted by Crippen LogP contribution is 2.32. The monoisotopic (exact) mass is 269 g/mol. The first kappa shape index (κ1) is 12.6. The average Bonchev–Trinajstić information content (AvgIpc) is 2.87. The van der Waals surface area contributed by atoms with Crippen LogP contribution in [-0.4, -0.2) is 16.8 Å². The third kappa shape index (κ3) is 2.54. The summed E-state index contributed by atoms with van der Waals surface area (Å²) >= 11 is 7.61. The molecule has 2 aromatic heterocycles. The molecule has 1 N–H and O–H groups in total. The van der Waals surface area contributed by atoms with E-state index in [1.165, 1.54) is 10.4 Å². The van der Waals surface area contributed by atoms with E-state index in [0.29, 0.717) is 0 Å². The molecule has 2 heterocycles. The minimum absolute atomic E-state index is 0.177. The van der Waals surface area contributed by atoms with Crippen molar-refractivity contribution in [3.05, 3.63) is 38.8 Å². The van der Waals surface area contributed by atoms with Gasteiger partial charge in [0.15, 0.2) is 0 Å². The average molecular weight is 270 g/mol. The molecule has 5 heteroatoms. The van der Waals surface area contributed by atoms with Gasteiger partial charge in [0.25, 0.3) is 0 Å². The number of thiophene rings is 1. The second-order valence-electron chi connectivity index (χ2n) is 3.92. The summed E-state index contributed by atoms with van der Waals surface area (Å²) < 4.78 is 2.69. The van der Waals surface area contributed by atoms with E-state index in [0.717, 1.165) is 16.5 Å². The van der Waals surface area contributed by atoms with E-state index in [1.54, 1.807) is 11.3 Å². The number of hydrogen-bond acceptors (Lipinski definition) is 3. The lowest BCUT2D eigenvalue weighted by molar-refractivity contribution is 0.695. The zero-order chi connectivity index (χ0) is 12.4. The Morgan fingerprint density at radius 1 is 1.53 bits per heavy atom. The molecule has 0 spiro atoms. The summed E-state index contributed by atoms with van der Waals surface area (Å²) in [5.41, 5.74) is 2.37. The summed E-state index contributed by atoms with van der Waals surface area (Å²) in [6.07, 6.45) is 3.01. The third-order valence-electron chi connectivity index (χ3n) is 2.75. The highest BCUT2D eigenvalue weighted by Gasteiger charge is 2.19. The Balaban J connectivity index is 2.41. The van der Waals surface area contributed by atoms with E-state index in [9.17, 15) is 0 Å². The Kier molecular flexibility index (Phi) is 3.86. The Morgan fingerprint density at radius 3 is 2.82 bits per heavy atom. The van der Waals surface area contributed by atoms with Gasteiger partial charge in [0.05, 0.1) is 16.1 Å². The van der Waals surface area contributed by atoms with Gasteiger partial charge >= 0.3 is 0 Å². The van der Waals surface area contributed by atoms with Gasteiger partial charge in [-0.25, -0.2) is 0 Å². The van der Waals surface area contributed by atoms with Crippen molar-refractivity contribution >= 4 is 22.9 Å². The standard InChI is InChI=1S/C12H16ClN3S/c1-4-9-8(7-16(3)15-9)12(14-2)10-5-6-11(13)17-10/h5-7,12,14H,4H2,1-3H3. The lowest BCUT2D eigenvalue weighted by atomic mass is 10.1. The maximum absolute atomic E-state index is 6.00. The Hall–Kier alpha value is -0.840. The molecule has 2 rings (SSSR count). The minimum Gasteiger partial charge on any atom is -0.309 e. The molecule has 1 atom stereocenters. The SMILES string of the molecule is CCc1nn(C)cc1C(NC)c1ccc(Cl)s1. The van der Waals surface area contributed by atoms with Crippen LogP contribution in [0.1, 0.15) is 29.1 Å². The molecule has 0 bridgehead atoms. The molecule has 0 aliphatic heterocycles. The molecule has 92 valence electrons. The summed E-state index contributed by atoms with van der Waals surface area (Å²) in [5.74, 6) is 0. The van der Waals surface area contributed by atoms with Crippen molar-refractivity contribution in [1.29, 1.82) is 0 Å². The smallest absolute Gasteiger partial charge is 0.0931 e. The van der Waals surface area contributed by atoms with Crippen molar-refractivity contribution in [1.82, 2.24) is 15.1 Å². The van der Waals surface area contributed by atoms with Gasteiger partial charge in [0.2, 0.25) is 0 Å². The molecular formula is C12H16ClN3S. The highest BCUT2D eigenvalue weighted by atomic mass is 35.5. The Morgan fingerprint density at radius 2 is 2.29 bits per heavy atom. The van der Waals surface area contributed by atoms with E-state index in [4.69, 9.17) is 11.6 Å². The highest BCUT2D eigenvalue weighted by molar-refractivity contribution is 7.16. The summed E-state index contributed by atoms with van der Waals surface area (Å²) in [7, 11) is 3.92. The first-order valence-electron chi connectivity index (χ1n) is 5.60. The number of halogens is 1.